The van der Waals surface area contributed by atoms with Crippen LogP contribution in [-0.2, 0) is 13.6 Å². The van der Waals surface area contributed by atoms with Crippen molar-refractivity contribution in [3.05, 3.63) is 32.6 Å². The van der Waals surface area contributed by atoms with Crippen molar-refractivity contribution in [2.45, 2.75) is 116 Å². The van der Waals surface area contributed by atoms with Gasteiger partial charge in [-0.05, 0) is 50.1 Å². The fraction of sp³-hybridized carbons (Fsp3) is 0.826. The highest BCUT2D eigenvalue weighted by atomic mass is 28.4. The Labute approximate surface area is 195 Å². The number of ether oxygens (including phenoxy) is 1. The minimum atomic E-state index is -2.10. The molecule has 0 aromatic carbocycles. The molecular formula is C23H44N2O5Si2. The molecule has 0 unspecified atom stereocenters. The summed E-state index contributed by atoms with van der Waals surface area (Å²) in [5, 5.41) is 0.113. The highest BCUT2D eigenvalue weighted by Gasteiger charge is 2.52. The van der Waals surface area contributed by atoms with Crippen LogP contribution in [-0.4, -0.2) is 44.5 Å². The molecule has 7 nitrogen and oxygen atoms in total. The molecule has 2 rings (SSSR count). The van der Waals surface area contributed by atoms with Crippen molar-refractivity contribution < 1.29 is 13.6 Å². The van der Waals surface area contributed by atoms with Gasteiger partial charge in [0.25, 0.3) is 5.56 Å². The van der Waals surface area contributed by atoms with Crippen LogP contribution >= 0.6 is 0 Å². The lowest BCUT2D eigenvalue weighted by Gasteiger charge is -2.43. The van der Waals surface area contributed by atoms with Gasteiger partial charge >= 0.3 is 5.69 Å². The largest absolute Gasteiger partial charge is 0.414 e. The molecule has 0 radical (unpaired) electrons. The molecule has 2 heterocycles. The van der Waals surface area contributed by atoms with Gasteiger partial charge in [-0.3, -0.25) is 14.3 Å². The number of rotatable bonds is 6. The molecule has 1 aliphatic heterocycles. The van der Waals surface area contributed by atoms with Gasteiger partial charge in [0, 0.05) is 18.2 Å². The van der Waals surface area contributed by atoms with Crippen LogP contribution in [0.5, 0.6) is 0 Å². The highest BCUT2D eigenvalue weighted by molar-refractivity contribution is 6.74. The van der Waals surface area contributed by atoms with Gasteiger partial charge in [0.05, 0.1) is 12.7 Å². The summed E-state index contributed by atoms with van der Waals surface area (Å²) in [5.41, 5.74) is -1.08. The first kappa shape index (κ1) is 27.2. The van der Waals surface area contributed by atoms with Gasteiger partial charge in [-0.15, -0.1) is 0 Å². The molecule has 9 heteroatoms. The lowest BCUT2D eigenvalue weighted by molar-refractivity contribution is -0.111. The minimum Gasteiger partial charge on any atom is -0.414 e. The molecule has 184 valence electrons. The van der Waals surface area contributed by atoms with E-state index in [1.807, 2.05) is 6.92 Å². The Bertz CT molecular complexity index is 939. The summed E-state index contributed by atoms with van der Waals surface area (Å²) in [5.74, 6) is 0. The van der Waals surface area contributed by atoms with Gasteiger partial charge in [-0.25, -0.2) is 4.79 Å². The highest BCUT2D eigenvalue weighted by Crippen LogP contribution is 2.45. The Kier molecular flexibility index (Phi) is 7.36. The molecule has 1 N–H and O–H groups in total. The Morgan fingerprint density at radius 2 is 1.62 bits per heavy atom. The number of hydrogen-bond donors (Lipinski definition) is 1. The normalized spacial score (nSPS) is 25.4. The number of hydrogen-bond acceptors (Lipinski definition) is 5. The quantitative estimate of drug-likeness (QED) is 0.579. The SMILES string of the molecule is Cc1cn([C@H]2C[C@H](O[Si](C)(C)C(C)(C)C)[C@@](C)(CO[Si](C)(C)C(C)(C)C)O2)c(=O)[nH]c1=O. The Morgan fingerprint density at radius 1 is 1.09 bits per heavy atom. The summed E-state index contributed by atoms with van der Waals surface area (Å²) in [6.45, 7) is 26.3. The standard InChI is InChI=1S/C23H44N2O5Si2/c1-16-14-25(20(27)24-19(16)26)18-13-17(30-32(11,12)22(5,6)7)23(8,29-18)15-28-31(9,10)21(2,3)4/h14,17-18H,13,15H2,1-12H3,(H,24,26,27)/t17-,18+,23+/m0/s1. The predicted octanol–water partition coefficient (Wildman–Crippen LogP) is 4.93. The maximum atomic E-state index is 12.6. The smallest absolute Gasteiger partial charge is 0.330 e. The topological polar surface area (TPSA) is 82.6 Å². The summed E-state index contributed by atoms with van der Waals surface area (Å²) < 4.78 is 21.4. The lowest BCUT2D eigenvalue weighted by atomic mass is 10.0. The molecular weight excluding hydrogens is 440 g/mol. The third kappa shape index (κ3) is 5.55. The van der Waals surface area contributed by atoms with E-state index in [9.17, 15) is 9.59 Å². The van der Waals surface area contributed by atoms with Gasteiger partial charge in [0.2, 0.25) is 0 Å². The van der Waals surface area contributed by atoms with E-state index >= 15 is 0 Å². The zero-order chi connectivity index (χ0) is 24.9. The second kappa shape index (κ2) is 8.65. The first-order valence-electron chi connectivity index (χ1n) is 11.5. The maximum absolute atomic E-state index is 12.6. The van der Waals surface area contributed by atoms with Crippen LogP contribution in [0.3, 0.4) is 0 Å². The summed E-state index contributed by atoms with van der Waals surface area (Å²) >= 11 is 0. The van der Waals surface area contributed by atoms with Crippen molar-refractivity contribution in [2.24, 2.45) is 0 Å². The second-order valence-corrected chi connectivity index (χ2v) is 22.1. The van der Waals surface area contributed by atoms with Crippen LogP contribution in [0.4, 0.5) is 0 Å². The molecule has 3 atom stereocenters. The van der Waals surface area contributed by atoms with Crippen molar-refractivity contribution in [3.63, 3.8) is 0 Å². The third-order valence-electron chi connectivity index (χ3n) is 7.73. The van der Waals surface area contributed by atoms with Crippen LogP contribution < -0.4 is 11.2 Å². The molecule has 32 heavy (non-hydrogen) atoms. The number of aromatic nitrogens is 2. The Hall–Kier alpha value is -1.01. The lowest BCUT2D eigenvalue weighted by Crippen LogP contribution is -2.53. The van der Waals surface area contributed by atoms with Gasteiger partial charge in [0.1, 0.15) is 11.8 Å². The van der Waals surface area contributed by atoms with Gasteiger partial charge < -0.3 is 13.6 Å². The van der Waals surface area contributed by atoms with E-state index in [1.54, 1.807) is 13.1 Å². The molecule has 0 spiro atoms. The van der Waals surface area contributed by atoms with E-state index in [2.05, 4.69) is 72.7 Å². The molecule has 0 bridgehead atoms. The van der Waals surface area contributed by atoms with Crippen LogP contribution in [0.2, 0.25) is 36.3 Å². The number of aromatic amines is 1. The molecule has 1 aromatic rings. The summed E-state index contributed by atoms with van der Waals surface area (Å²) in [6, 6.07) is 0. The zero-order valence-electron chi connectivity index (χ0n) is 22.1. The van der Waals surface area contributed by atoms with Crippen molar-refractivity contribution in [3.8, 4) is 0 Å². The summed E-state index contributed by atoms with van der Waals surface area (Å²) in [7, 11) is -4.12. The molecule has 1 aliphatic rings. The van der Waals surface area contributed by atoms with Crippen LogP contribution in [0, 0.1) is 6.92 Å². The number of nitrogens with one attached hydrogen (secondary N) is 1. The van der Waals surface area contributed by atoms with Crippen molar-refractivity contribution in [1.82, 2.24) is 9.55 Å². The van der Waals surface area contributed by atoms with Gasteiger partial charge in [-0.2, -0.15) is 0 Å². The maximum Gasteiger partial charge on any atom is 0.330 e. The number of nitrogens with zero attached hydrogens (tertiary/aromatic N) is 1. The summed E-state index contributed by atoms with van der Waals surface area (Å²) in [6.07, 6.45) is 1.35. The van der Waals surface area contributed by atoms with E-state index in [1.165, 1.54) is 4.57 Å². The fourth-order valence-electron chi connectivity index (χ4n) is 3.21. The van der Waals surface area contributed by atoms with Gasteiger partial charge in [0.15, 0.2) is 16.6 Å². The third-order valence-corrected chi connectivity index (χ3v) is 16.7. The average Bonchev–Trinajstić information content (AvgIpc) is 2.91. The first-order chi connectivity index (χ1) is 14.2. The minimum absolute atomic E-state index is 0.0394. The fourth-order valence-corrected chi connectivity index (χ4v) is 5.70. The molecule has 1 fully saturated rings. The Balaban J connectivity index is 2.42. The van der Waals surface area contributed by atoms with Crippen LogP contribution in [0.15, 0.2) is 15.8 Å². The summed E-state index contributed by atoms with van der Waals surface area (Å²) in [4.78, 5) is 26.8. The molecule has 0 aliphatic carbocycles. The number of aryl methyl sites for hydroxylation is 1. The average molecular weight is 485 g/mol. The Morgan fingerprint density at radius 3 is 2.12 bits per heavy atom. The first-order valence-corrected chi connectivity index (χ1v) is 17.3. The molecule has 1 aromatic heterocycles. The van der Waals surface area contributed by atoms with Gasteiger partial charge in [-0.1, -0.05) is 41.5 Å². The zero-order valence-corrected chi connectivity index (χ0v) is 24.1. The van der Waals surface area contributed by atoms with E-state index in [0.29, 0.717) is 18.6 Å². The van der Waals surface area contributed by atoms with Crippen LogP contribution in [0.25, 0.3) is 0 Å². The van der Waals surface area contributed by atoms with Crippen molar-refractivity contribution >= 4 is 16.6 Å². The van der Waals surface area contributed by atoms with Crippen molar-refractivity contribution in [2.75, 3.05) is 6.61 Å². The van der Waals surface area contributed by atoms with E-state index in [0.717, 1.165) is 0 Å². The van der Waals surface area contributed by atoms with E-state index in [4.69, 9.17) is 13.6 Å². The van der Waals surface area contributed by atoms with E-state index in [-0.39, 0.29) is 21.7 Å². The van der Waals surface area contributed by atoms with Crippen molar-refractivity contribution in [1.29, 1.82) is 0 Å². The molecule has 0 amide bonds. The van der Waals surface area contributed by atoms with E-state index < -0.39 is 34.2 Å². The van der Waals surface area contributed by atoms with Crippen LogP contribution in [0.1, 0.15) is 66.7 Å². The monoisotopic (exact) mass is 484 g/mol. The number of H-pyrrole nitrogens is 1. The predicted molar refractivity (Wildman–Crippen MR) is 134 cm³/mol. The molecule has 1 saturated heterocycles. The molecule has 0 saturated carbocycles. The second-order valence-electron chi connectivity index (χ2n) is 12.5.